The van der Waals surface area contributed by atoms with E-state index in [1.165, 1.54) is 4.90 Å². The summed E-state index contributed by atoms with van der Waals surface area (Å²) in [5.74, 6) is 0.860. The van der Waals surface area contributed by atoms with Crippen molar-refractivity contribution in [2.75, 3.05) is 97.7 Å². The van der Waals surface area contributed by atoms with Crippen LogP contribution in [0.5, 0.6) is 0 Å². The lowest BCUT2D eigenvalue weighted by molar-refractivity contribution is -0.0834. The number of aromatic nitrogens is 1. The van der Waals surface area contributed by atoms with Gasteiger partial charge in [0.25, 0.3) is 15.9 Å². The molecule has 5 aromatic carbocycles. The van der Waals surface area contributed by atoms with Crippen LogP contribution in [0.1, 0.15) is 35.0 Å². The van der Waals surface area contributed by atoms with E-state index in [-0.39, 0.29) is 16.8 Å². The number of piperazine rings is 1. The molecule has 3 fully saturated rings. The number of hydrogen-bond acceptors (Lipinski definition) is 10. The van der Waals surface area contributed by atoms with Crippen LogP contribution >= 0.6 is 23.4 Å². The van der Waals surface area contributed by atoms with Crippen LogP contribution < -0.4 is 19.8 Å². The van der Waals surface area contributed by atoms with E-state index >= 15 is 0 Å². The van der Waals surface area contributed by atoms with Crippen LogP contribution in [0.25, 0.3) is 22.4 Å². The second-order valence-electron chi connectivity index (χ2n) is 18.8. The average molecular weight is 989 g/mol. The van der Waals surface area contributed by atoms with Crippen molar-refractivity contribution in [1.29, 1.82) is 0 Å². The van der Waals surface area contributed by atoms with Crippen molar-refractivity contribution in [1.82, 2.24) is 14.4 Å². The van der Waals surface area contributed by atoms with Crippen LogP contribution in [0.3, 0.4) is 0 Å². The monoisotopic (exact) mass is 987 g/mol. The number of nitrogens with zero attached hydrogens (tertiary/aromatic N) is 5. The second-order valence-corrected chi connectivity index (χ2v) is 22.0. The molecule has 1 atom stereocenters. The van der Waals surface area contributed by atoms with Crippen molar-refractivity contribution in [3.05, 3.63) is 143 Å². The number of hydrogen-bond donors (Lipinski definition) is 3. The minimum absolute atomic E-state index is 0.0153. The highest BCUT2D eigenvalue weighted by Crippen LogP contribution is 2.41. The number of carbonyl (C=O) groups excluding carboxylic acids is 1. The maximum absolute atomic E-state index is 14.3. The van der Waals surface area contributed by atoms with Crippen LogP contribution in [-0.4, -0.2) is 123 Å². The normalized spacial score (nSPS) is 16.8. The minimum atomic E-state index is -3.86. The summed E-state index contributed by atoms with van der Waals surface area (Å²) in [6.45, 7) is 13.4. The van der Waals surface area contributed by atoms with Gasteiger partial charge >= 0.3 is 0 Å². The number of nitrogens with one attached hydrogen (secondary N) is 2. The highest BCUT2D eigenvalue weighted by molar-refractivity contribution is 7.99. The molecule has 9 rings (SSSR count). The summed E-state index contributed by atoms with van der Waals surface area (Å²) in [4.78, 5) is 24.6. The molecule has 12 nitrogen and oxygen atoms in total. The molecule has 3 aliphatic rings. The number of likely N-dealkylation sites (tertiary alicyclic amines) is 1. The molecule has 0 bridgehead atoms. The molecule has 0 radical (unpaired) electrons. The molecule has 4 heterocycles. The summed E-state index contributed by atoms with van der Waals surface area (Å²) in [7, 11) is -1.83. The van der Waals surface area contributed by atoms with Gasteiger partial charge in [0.15, 0.2) is 0 Å². The number of amides is 1. The predicted octanol–water partition coefficient (Wildman–Crippen LogP) is 9.26. The van der Waals surface area contributed by atoms with E-state index in [0.717, 1.165) is 95.6 Å². The molecular weight excluding hydrogens is 926 g/mol. The lowest BCUT2D eigenvalue weighted by Crippen LogP contribution is -2.60. The third-order valence-corrected chi connectivity index (χ3v) is 16.4. The van der Waals surface area contributed by atoms with E-state index in [1.807, 2.05) is 106 Å². The summed E-state index contributed by atoms with van der Waals surface area (Å²) in [6.07, 6.45) is 0.888. The van der Waals surface area contributed by atoms with Gasteiger partial charge in [0.1, 0.15) is 0 Å². The first-order valence-corrected chi connectivity index (χ1v) is 26.6. The standard InChI is InChI=1S/C54H62ClN7O5S2/c1-38-33-48(21-22-49(38)56-44(23-24-59-36-54(3,64)37-59)35-68-47-11-6-5-7-12-47)69(65,66)57-43-17-19-45(20-18-43)60-25-27-61(28-26-60)46-10-8-9-41(34-46)51-50(53(63)62-29-31-67-32-30-62)39(2)58(4)52(51)40-13-15-42(55)16-14-40/h5-22,33-34,44,56-57,64H,23-32,35-37H2,1-4H3/t44-/m1/s1. The Bertz CT molecular complexity index is 2860. The van der Waals surface area contributed by atoms with E-state index in [0.29, 0.717) is 55.7 Å². The Kier molecular flexibility index (Phi) is 14.7. The van der Waals surface area contributed by atoms with Crippen molar-refractivity contribution in [2.45, 2.75) is 48.6 Å². The number of benzene rings is 5. The van der Waals surface area contributed by atoms with Gasteiger partial charge in [0, 0.05) is 122 Å². The zero-order valence-electron chi connectivity index (χ0n) is 39.8. The van der Waals surface area contributed by atoms with Gasteiger partial charge in [-0.15, -0.1) is 11.8 Å². The average Bonchev–Trinajstić information content (AvgIpc) is 3.61. The number of rotatable bonds is 16. The summed E-state index contributed by atoms with van der Waals surface area (Å²) < 4.78 is 38.0. The number of carbonyl (C=O) groups is 1. The summed E-state index contributed by atoms with van der Waals surface area (Å²) >= 11 is 8.13. The Labute approximate surface area is 416 Å². The highest BCUT2D eigenvalue weighted by atomic mass is 35.5. The zero-order valence-corrected chi connectivity index (χ0v) is 42.2. The molecule has 6 aromatic rings. The van der Waals surface area contributed by atoms with Crippen molar-refractivity contribution in [2.24, 2.45) is 7.05 Å². The molecule has 1 amide bonds. The molecular formula is C54H62ClN7O5S2. The molecule has 15 heteroatoms. The topological polar surface area (TPSA) is 123 Å². The third-order valence-electron chi connectivity index (χ3n) is 13.6. The van der Waals surface area contributed by atoms with Crippen molar-refractivity contribution in [3.63, 3.8) is 0 Å². The van der Waals surface area contributed by atoms with Crippen LogP contribution in [0.4, 0.5) is 22.7 Å². The predicted molar refractivity (Wildman–Crippen MR) is 282 cm³/mol. The van der Waals surface area contributed by atoms with Crippen molar-refractivity contribution < 1.29 is 23.1 Å². The van der Waals surface area contributed by atoms with Crippen LogP contribution in [0.2, 0.25) is 5.02 Å². The first-order chi connectivity index (χ1) is 33.2. The van der Waals surface area contributed by atoms with E-state index in [1.54, 1.807) is 23.9 Å². The van der Waals surface area contributed by atoms with E-state index in [9.17, 15) is 18.3 Å². The van der Waals surface area contributed by atoms with E-state index in [4.69, 9.17) is 16.3 Å². The molecule has 3 aliphatic heterocycles. The molecule has 1 aromatic heterocycles. The van der Waals surface area contributed by atoms with Gasteiger partial charge in [-0.25, -0.2) is 8.42 Å². The maximum Gasteiger partial charge on any atom is 0.261 e. The summed E-state index contributed by atoms with van der Waals surface area (Å²) in [6, 6.07) is 39.7. The SMILES string of the molecule is Cc1cc(S(=O)(=O)Nc2ccc(N3CCN(c4cccc(-c5c(C(=O)N6CCOCC6)c(C)n(C)c5-c5ccc(Cl)cc5)c4)CC3)cc2)ccc1N[C@H](CCN1CC(C)(O)C1)CSc1ccccc1. The Hall–Kier alpha value is -5.48. The Morgan fingerprint density at radius 1 is 0.812 bits per heavy atom. The van der Waals surface area contributed by atoms with Gasteiger partial charge in [-0.2, -0.15) is 0 Å². The highest BCUT2D eigenvalue weighted by Gasteiger charge is 2.36. The van der Waals surface area contributed by atoms with Gasteiger partial charge in [0.05, 0.1) is 35.0 Å². The fourth-order valence-corrected chi connectivity index (χ4v) is 12.0. The van der Waals surface area contributed by atoms with Gasteiger partial charge in [-0.05, 0) is 123 Å². The number of aryl methyl sites for hydroxylation is 1. The lowest BCUT2D eigenvalue weighted by atomic mass is 9.95. The number of ether oxygens (including phenoxy) is 1. The quantitative estimate of drug-likeness (QED) is 0.0810. The minimum Gasteiger partial charge on any atom is -0.388 e. The molecule has 362 valence electrons. The Morgan fingerprint density at radius 3 is 2.16 bits per heavy atom. The van der Waals surface area contributed by atoms with Crippen molar-refractivity contribution >= 4 is 62.0 Å². The third kappa shape index (κ3) is 11.3. The molecule has 69 heavy (non-hydrogen) atoms. The molecule has 3 saturated heterocycles. The second kappa shape index (κ2) is 20.9. The van der Waals surface area contributed by atoms with E-state index < -0.39 is 15.6 Å². The molecule has 0 spiro atoms. The Balaban J connectivity index is 0.843. The first kappa shape index (κ1) is 48.5. The summed E-state index contributed by atoms with van der Waals surface area (Å²) in [5, 5.41) is 14.6. The molecule has 0 saturated carbocycles. The van der Waals surface area contributed by atoms with Crippen LogP contribution in [0, 0.1) is 13.8 Å². The smallest absolute Gasteiger partial charge is 0.261 e. The van der Waals surface area contributed by atoms with Crippen LogP contribution in [0.15, 0.2) is 131 Å². The molecule has 3 N–H and O–H groups in total. The van der Waals surface area contributed by atoms with Gasteiger partial charge in [-0.1, -0.05) is 54.1 Å². The molecule has 0 unspecified atom stereocenters. The maximum atomic E-state index is 14.3. The number of morpholine rings is 1. The van der Waals surface area contributed by atoms with Gasteiger partial charge < -0.3 is 34.4 Å². The molecule has 0 aliphatic carbocycles. The lowest BCUT2D eigenvalue weighted by Gasteiger charge is -2.44. The van der Waals surface area contributed by atoms with Gasteiger partial charge in [0.2, 0.25) is 0 Å². The number of anilines is 4. The number of thioether (sulfide) groups is 1. The van der Waals surface area contributed by atoms with Crippen molar-refractivity contribution in [3.8, 4) is 22.4 Å². The first-order valence-electron chi connectivity index (χ1n) is 23.8. The fraction of sp³-hybridized carbons (Fsp3) is 0.352. The van der Waals surface area contributed by atoms with E-state index in [2.05, 4.69) is 65.7 Å². The number of halogens is 1. The number of aliphatic hydroxyl groups is 1. The number of sulfonamides is 1. The van der Waals surface area contributed by atoms with Crippen LogP contribution in [-0.2, 0) is 21.8 Å². The zero-order chi connectivity index (χ0) is 48.3. The Morgan fingerprint density at radius 2 is 1.49 bits per heavy atom. The fourth-order valence-electron chi connectivity index (χ4n) is 9.76. The largest absolute Gasteiger partial charge is 0.388 e. The summed E-state index contributed by atoms with van der Waals surface area (Å²) in [5.41, 5.74) is 9.22. The number of β-amino-alcohol motifs (C(OH)–C–C–N with tert-alkyl or cyclic N) is 1. The van der Waals surface area contributed by atoms with Gasteiger partial charge in [-0.3, -0.25) is 14.4 Å².